The zero-order chi connectivity index (χ0) is 14.9. The number of hydrogen-bond acceptors (Lipinski definition) is 5. The molecule has 0 spiro atoms. The maximum atomic E-state index is 11.8. The fourth-order valence-corrected chi connectivity index (χ4v) is 2.29. The second-order valence-electron chi connectivity index (χ2n) is 5.70. The molecule has 0 bridgehead atoms. The number of nitrogens with zero attached hydrogens (tertiary/aromatic N) is 1. The Hall–Kier alpha value is -2.08. The number of benzene rings is 1. The summed E-state index contributed by atoms with van der Waals surface area (Å²) < 4.78 is 16.9. The first-order valence-electron chi connectivity index (χ1n) is 6.89. The largest absolute Gasteiger partial charge is 0.465 e. The Balaban J connectivity index is 1.60. The summed E-state index contributed by atoms with van der Waals surface area (Å²) in [4.78, 5) is 23.5. The molecule has 3 rings (SSSR count). The van der Waals surface area contributed by atoms with Crippen molar-refractivity contribution < 1.29 is 18.7 Å². The molecule has 21 heavy (non-hydrogen) atoms. The van der Waals surface area contributed by atoms with Crippen molar-refractivity contribution in [1.29, 1.82) is 0 Å². The summed E-state index contributed by atoms with van der Waals surface area (Å²) in [6, 6.07) is 7.14. The van der Waals surface area contributed by atoms with Gasteiger partial charge in [0.1, 0.15) is 6.61 Å². The van der Waals surface area contributed by atoms with Crippen LogP contribution in [-0.4, -0.2) is 30.4 Å². The number of carbonyl (C=O) groups is 1. The van der Waals surface area contributed by atoms with Crippen molar-refractivity contribution in [2.24, 2.45) is 5.41 Å². The molecule has 0 aliphatic carbocycles. The van der Waals surface area contributed by atoms with Gasteiger partial charge in [-0.2, -0.15) is 0 Å². The van der Waals surface area contributed by atoms with E-state index in [0.717, 1.165) is 0 Å². The monoisotopic (exact) mass is 291 g/mol. The van der Waals surface area contributed by atoms with Gasteiger partial charge in [0.2, 0.25) is 0 Å². The van der Waals surface area contributed by atoms with Gasteiger partial charge in [-0.15, -0.1) is 0 Å². The molecule has 6 nitrogen and oxygen atoms in total. The molecule has 112 valence electrons. The molecule has 1 saturated heterocycles. The number of rotatable bonds is 5. The molecular formula is C15H17NO5. The molecule has 1 aliphatic heterocycles. The van der Waals surface area contributed by atoms with Crippen LogP contribution >= 0.6 is 0 Å². The number of fused-ring (bicyclic) bond motifs is 1. The average molecular weight is 291 g/mol. The van der Waals surface area contributed by atoms with Gasteiger partial charge in [0.15, 0.2) is 5.58 Å². The maximum absolute atomic E-state index is 11.8. The lowest BCUT2D eigenvalue weighted by Crippen LogP contribution is -2.44. The Labute approximate surface area is 121 Å². The van der Waals surface area contributed by atoms with Gasteiger partial charge in [-0.05, 0) is 12.1 Å². The van der Waals surface area contributed by atoms with E-state index in [1.54, 1.807) is 18.2 Å². The second-order valence-corrected chi connectivity index (χ2v) is 5.70. The highest BCUT2D eigenvalue weighted by Crippen LogP contribution is 2.26. The van der Waals surface area contributed by atoms with E-state index in [1.807, 2.05) is 13.0 Å². The van der Waals surface area contributed by atoms with Crippen LogP contribution in [0.25, 0.3) is 11.1 Å². The van der Waals surface area contributed by atoms with Gasteiger partial charge in [-0.25, -0.2) is 4.79 Å². The third-order valence-electron chi connectivity index (χ3n) is 3.60. The van der Waals surface area contributed by atoms with Gasteiger partial charge >= 0.3 is 11.7 Å². The van der Waals surface area contributed by atoms with Crippen molar-refractivity contribution >= 4 is 17.1 Å². The van der Waals surface area contributed by atoms with Crippen LogP contribution in [-0.2, 0) is 20.8 Å². The first-order valence-corrected chi connectivity index (χ1v) is 6.89. The number of carbonyl (C=O) groups excluding carboxylic acids is 1. The highest BCUT2D eigenvalue weighted by molar-refractivity contribution is 5.73. The minimum absolute atomic E-state index is 0.0607. The van der Waals surface area contributed by atoms with Crippen molar-refractivity contribution in [3.8, 4) is 0 Å². The number of aryl methyl sites for hydroxylation is 1. The van der Waals surface area contributed by atoms with Crippen LogP contribution in [0.2, 0.25) is 0 Å². The van der Waals surface area contributed by atoms with Gasteiger partial charge in [-0.3, -0.25) is 9.36 Å². The summed E-state index contributed by atoms with van der Waals surface area (Å²) in [6.45, 7) is 3.85. The van der Waals surface area contributed by atoms with Crippen molar-refractivity contribution in [3.63, 3.8) is 0 Å². The molecule has 0 N–H and O–H groups in total. The van der Waals surface area contributed by atoms with E-state index in [1.165, 1.54) is 4.57 Å². The maximum Gasteiger partial charge on any atom is 0.419 e. The standard InChI is InChI=1S/C15H17NO5/c1-15(8-19-9-15)10-20-13(17)6-7-16-11-4-2-3-5-12(11)21-14(16)18/h2-5H,6-10H2,1H3. The Bertz CT molecular complexity index is 710. The number of esters is 1. The quantitative estimate of drug-likeness (QED) is 0.782. The topological polar surface area (TPSA) is 70.7 Å². The van der Waals surface area contributed by atoms with Crippen LogP contribution < -0.4 is 5.76 Å². The van der Waals surface area contributed by atoms with Crippen molar-refractivity contribution in [2.45, 2.75) is 19.9 Å². The molecule has 1 fully saturated rings. The van der Waals surface area contributed by atoms with Crippen LogP contribution in [0.5, 0.6) is 0 Å². The normalized spacial score (nSPS) is 16.6. The lowest BCUT2D eigenvalue weighted by Gasteiger charge is -2.37. The van der Waals surface area contributed by atoms with Crippen molar-refractivity contribution in [1.82, 2.24) is 4.57 Å². The summed E-state index contributed by atoms with van der Waals surface area (Å²) in [6.07, 6.45) is 0.139. The Kier molecular flexibility index (Phi) is 3.55. The third kappa shape index (κ3) is 2.85. The molecule has 2 aromatic rings. The predicted molar refractivity (Wildman–Crippen MR) is 75.0 cm³/mol. The van der Waals surface area contributed by atoms with Gasteiger partial charge in [0.05, 0.1) is 25.2 Å². The molecular weight excluding hydrogens is 274 g/mol. The SMILES string of the molecule is CC1(COC(=O)CCn2c(=O)oc3ccccc32)COC1. The van der Waals surface area contributed by atoms with Crippen LogP contribution in [0.4, 0.5) is 0 Å². The highest BCUT2D eigenvalue weighted by atomic mass is 16.5. The molecule has 1 aromatic carbocycles. The summed E-state index contributed by atoms with van der Waals surface area (Å²) in [7, 11) is 0. The Morgan fingerprint density at radius 1 is 1.38 bits per heavy atom. The minimum Gasteiger partial charge on any atom is -0.465 e. The van der Waals surface area contributed by atoms with Crippen LogP contribution in [0.3, 0.4) is 0 Å². The van der Waals surface area contributed by atoms with E-state index in [4.69, 9.17) is 13.9 Å². The van der Waals surface area contributed by atoms with Gasteiger partial charge < -0.3 is 13.9 Å². The van der Waals surface area contributed by atoms with Crippen molar-refractivity contribution in [2.75, 3.05) is 19.8 Å². The van der Waals surface area contributed by atoms with E-state index in [9.17, 15) is 9.59 Å². The Morgan fingerprint density at radius 2 is 2.14 bits per heavy atom. The molecule has 2 heterocycles. The predicted octanol–water partition coefficient (Wildman–Crippen LogP) is 1.56. The lowest BCUT2D eigenvalue weighted by atomic mass is 9.90. The van der Waals surface area contributed by atoms with E-state index >= 15 is 0 Å². The Morgan fingerprint density at radius 3 is 2.86 bits per heavy atom. The highest BCUT2D eigenvalue weighted by Gasteiger charge is 2.34. The molecule has 0 unspecified atom stereocenters. The fourth-order valence-electron chi connectivity index (χ4n) is 2.29. The minimum atomic E-state index is -0.455. The second kappa shape index (κ2) is 5.37. The summed E-state index contributed by atoms with van der Waals surface area (Å²) in [5.74, 6) is -0.774. The average Bonchev–Trinajstić information content (AvgIpc) is 2.76. The zero-order valence-corrected chi connectivity index (χ0v) is 11.8. The van der Waals surface area contributed by atoms with E-state index in [-0.39, 0.29) is 24.3 Å². The summed E-state index contributed by atoms with van der Waals surface area (Å²) >= 11 is 0. The zero-order valence-electron chi connectivity index (χ0n) is 11.8. The fraction of sp³-hybridized carbons (Fsp3) is 0.467. The third-order valence-corrected chi connectivity index (χ3v) is 3.60. The molecule has 0 radical (unpaired) electrons. The number of oxazole rings is 1. The van der Waals surface area contributed by atoms with Gasteiger partial charge in [0, 0.05) is 12.0 Å². The first kappa shape index (κ1) is 13.9. The number of hydrogen-bond donors (Lipinski definition) is 0. The van der Waals surface area contributed by atoms with Crippen molar-refractivity contribution in [3.05, 3.63) is 34.8 Å². The number of para-hydroxylation sites is 2. The smallest absolute Gasteiger partial charge is 0.419 e. The van der Waals surface area contributed by atoms with E-state index in [0.29, 0.717) is 30.9 Å². The van der Waals surface area contributed by atoms with E-state index in [2.05, 4.69) is 0 Å². The summed E-state index contributed by atoms with van der Waals surface area (Å²) in [5.41, 5.74) is 1.15. The molecule has 1 aliphatic rings. The molecule has 1 aromatic heterocycles. The molecule has 0 amide bonds. The van der Waals surface area contributed by atoms with Gasteiger partial charge in [0.25, 0.3) is 0 Å². The number of aromatic nitrogens is 1. The van der Waals surface area contributed by atoms with Gasteiger partial charge in [-0.1, -0.05) is 19.1 Å². The molecule has 0 saturated carbocycles. The van der Waals surface area contributed by atoms with Crippen LogP contribution in [0.1, 0.15) is 13.3 Å². The van der Waals surface area contributed by atoms with E-state index < -0.39 is 5.76 Å². The first-order chi connectivity index (χ1) is 10.1. The van der Waals surface area contributed by atoms with Crippen LogP contribution in [0.15, 0.2) is 33.5 Å². The molecule has 0 atom stereocenters. The van der Waals surface area contributed by atoms with Crippen LogP contribution in [0, 0.1) is 5.41 Å². The molecule has 6 heteroatoms. The summed E-state index contributed by atoms with van der Waals surface area (Å²) in [5, 5.41) is 0. The number of ether oxygens (including phenoxy) is 2. The lowest BCUT2D eigenvalue weighted by molar-refractivity contribution is -0.165.